The molecule has 3 aromatic carbocycles. The predicted octanol–water partition coefficient (Wildman–Crippen LogP) is 4.85. The molecule has 0 saturated heterocycles. The van der Waals surface area contributed by atoms with Gasteiger partial charge in [-0.3, -0.25) is 4.79 Å². The van der Waals surface area contributed by atoms with Gasteiger partial charge in [-0.1, -0.05) is 24.3 Å². The number of para-hydroxylation sites is 1. The van der Waals surface area contributed by atoms with Crippen molar-refractivity contribution < 1.29 is 28.5 Å². The van der Waals surface area contributed by atoms with Crippen molar-refractivity contribution in [2.45, 2.75) is 6.92 Å². The van der Waals surface area contributed by atoms with Gasteiger partial charge in [0, 0.05) is 5.56 Å². The van der Waals surface area contributed by atoms with Crippen molar-refractivity contribution in [1.29, 1.82) is 0 Å². The maximum atomic E-state index is 12.8. The average Bonchev–Trinajstić information content (AvgIpc) is 3.11. The number of benzene rings is 3. The first-order chi connectivity index (χ1) is 15.0. The lowest BCUT2D eigenvalue weighted by Crippen LogP contribution is -2.11. The average molecular weight is 416 g/mol. The fourth-order valence-electron chi connectivity index (χ4n) is 3.33. The lowest BCUT2D eigenvalue weighted by molar-refractivity contribution is 0.0729. The summed E-state index contributed by atoms with van der Waals surface area (Å²) >= 11 is 0. The molecule has 0 spiro atoms. The number of carbonyl (C=O) groups excluding carboxylic acids is 2. The molecule has 1 heterocycles. The number of allylic oxidation sites excluding steroid dienone is 1. The summed E-state index contributed by atoms with van der Waals surface area (Å²) in [7, 11) is 3.07. The number of esters is 1. The number of fused-ring (bicyclic) bond motifs is 1. The van der Waals surface area contributed by atoms with E-state index < -0.39 is 5.97 Å². The molecule has 31 heavy (non-hydrogen) atoms. The molecule has 0 bridgehead atoms. The van der Waals surface area contributed by atoms with Crippen LogP contribution in [0.4, 0.5) is 0 Å². The summed E-state index contributed by atoms with van der Waals surface area (Å²) in [4.78, 5) is 25.4. The number of ketones is 1. The van der Waals surface area contributed by atoms with Crippen molar-refractivity contribution in [3.63, 3.8) is 0 Å². The quantitative estimate of drug-likeness (QED) is 0.336. The van der Waals surface area contributed by atoms with Gasteiger partial charge in [0.25, 0.3) is 0 Å². The van der Waals surface area contributed by atoms with Gasteiger partial charge < -0.3 is 18.9 Å². The normalized spacial score (nSPS) is 13.5. The highest BCUT2D eigenvalue weighted by Crippen LogP contribution is 2.39. The Hall–Kier alpha value is -4.06. The molecule has 1 aliphatic heterocycles. The van der Waals surface area contributed by atoms with Crippen LogP contribution in [0.25, 0.3) is 6.08 Å². The molecule has 0 N–H and O–H groups in total. The van der Waals surface area contributed by atoms with Gasteiger partial charge in [0.1, 0.15) is 28.6 Å². The molecular formula is C25H20O6. The zero-order valence-corrected chi connectivity index (χ0v) is 17.3. The molecule has 1 aliphatic rings. The van der Waals surface area contributed by atoms with E-state index in [1.165, 1.54) is 7.11 Å². The van der Waals surface area contributed by atoms with Gasteiger partial charge in [-0.05, 0) is 55.0 Å². The van der Waals surface area contributed by atoms with Crippen LogP contribution in [0, 0.1) is 6.92 Å². The fraction of sp³-hybridized carbons (Fsp3) is 0.120. The summed E-state index contributed by atoms with van der Waals surface area (Å²) in [5.74, 6) is 1.19. The number of hydrogen-bond acceptors (Lipinski definition) is 6. The van der Waals surface area contributed by atoms with E-state index in [4.69, 9.17) is 18.9 Å². The smallest absolute Gasteiger partial charge is 0.347 e. The first-order valence-corrected chi connectivity index (χ1v) is 9.59. The summed E-state index contributed by atoms with van der Waals surface area (Å²) in [5.41, 5.74) is 2.06. The highest BCUT2D eigenvalue weighted by molar-refractivity contribution is 6.15. The van der Waals surface area contributed by atoms with Crippen LogP contribution in [0.3, 0.4) is 0 Å². The van der Waals surface area contributed by atoms with E-state index in [1.54, 1.807) is 62.6 Å². The third-order valence-corrected chi connectivity index (χ3v) is 4.96. The molecule has 4 rings (SSSR count). The Morgan fingerprint density at radius 1 is 0.935 bits per heavy atom. The summed E-state index contributed by atoms with van der Waals surface area (Å²) in [6, 6.07) is 17.3. The number of hydrogen-bond donors (Lipinski definition) is 0. The van der Waals surface area contributed by atoms with E-state index in [0.29, 0.717) is 39.7 Å². The van der Waals surface area contributed by atoms with Crippen molar-refractivity contribution >= 4 is 17.8 Å². The minimum atomic E-state index is -0.558. The van der Waals surface area contributed by atoms with Gasteiger partial charge in [-0.15, -0.1) is 0 Å². The number of methoxy groups -OCH3 is 2. The SMILES string of the molecule is COc1cccc(/C=C2\Oc3c(ccc(OC(=O)c4ccccc4OC)c3C)C2=O)c1. The van der Waals surface area contributed by atoms with Crippen LogP contribution >= 0.6 is 0 Å². The lowest BCUT2D eigenvalue weighted by atomic mass is 10.1. The summed E-state index contributed by atoms with van der Waals surface area (Å²) in [6.07, 6.45) is 1.66. The first kappa shape index (κ1) is 20.2. The second-order valence-electron chi connectivity index (χ2n) is 6.87. The Bertz CT molecular complexity index is 1210. The second kappa shape index (κ2) is 8.36. The van der Waals surface area contributed by atoms with Gasteiger partial charge in [-0.25, -0.2) is 4.79 Å². The molecule has 0 aromatic heterocycles. The van der Waals surface area contributed by atoms with E-state index >= 15 is 0 Å². The Labute approximate surface area is 179 Å². The molecule has 0 aliphatic carbocycles. The maximum Gasteiger partial charge on any atom is 0.347 e. The minimum absolute atomic E-state index is 0.194. The van der Waals surface area contributed by atoms with Gasteiger partial charge in [0.2, 0.25) is 5.78 Å². The fourth-order valence-corrected chi connectivity index (χ4v) is 3.33. The van der Waals surface area contributed by atoms with Crippen LogP contribution in [0.2, 0.25) is 0 Å². The molecule has 0 radical (unpaired) electrons. The van der Waals surface area contributed by atoms with Crippen molar-refractivity contribution in [2.24, 2.45) is 0 Å². The van der Waals surface area contributed by atoms with E-state index in [2.05, 4.69) is 0 Å². The zero-order valence-electron chi connectivity index (χ0n) is 17.3. The van der Waals surface area contributed by atoms with Crippen LogP contribution in [0.1, 0.15) is 31.8 Å². The molecule has 0 saturated carbocycles. The maximum absolute atomic E-state index is 12.8. The van der Waals surface area contributed by atoms with Crippen LogP contribution < -0.4 is 18.9 Å². The third-order valence-electron chi connectivity index (χ3n) is 4.96. The molecule has 0 atom stereocenters. The summed E-state index contributed by atoms with van der Waals surface area (Å²) in [6.45, 7) is 1.74. The van der Waals surface area contributed by atoms with Gasteiger partial charge in [0.15, 0.2) is 5.76 Å². The van der Waals surface area contributed by atoms with Crippen molar-refractivity contribution in [3.05, 3.63) is 88.7 Å². The third kappa shape index (κ3) is 3.88. The molecule has 6 heteroatoms. The molecule has 0 unspecified atom stereocenters. The minimum Gasteiger partial charge on any atom is -0.497 e. The van der Waals surface area contributed by atoms with Crippen molar-refractivity contribution in [2.75, 3.05) is 14.2 Å². The molecule has 156 valence electrons. The van der Waals surface area contributed by atoms with Crippen LogP contribution in [0.15, 0.2) is 66.4 Å². The van der Waals surface area contributed by atoms with E-state index in [0.717, 1.165) is 5.56 Å². The van der Waals surface area contributed by atoms with Crippen LogP contribution in [-0.4, -0.2) is 26.0 Å². The zero-order chi connectivity index (χ0) is 22.0. The Morgan fingerprint density at radius 2 is 1.74 bits per heavy atom. The largest absolute Gasteiger partial charge is 0.497 e. The highest BCUT2D eigenvalue weighted by Gasteiger charge is 2.30. The van der Waals surface area contributed by atoms with Crippen LogP contribution in [0.5, 0.6) is 23.0 Å². The van der Waals surface area contributed by atoms with Crippen LogP contribution in [-0.2, 0) is 0 Å². The van der Waals surface area contributed by atoms with E-state index in [-0.39, 0.29) is 11.5 Å². The number of ether oxygens (including phenoxy) is 4. The van der Waals surface area contributed by atoms with E-state index in [1.807, 2.05) is 18.2 Å². The molecule has 0 fully saturated rings. The predicted molar refractivity (Wildman–Crippen MR) is 115 cm³/mol. The molecule has 6 nitrogen and oxygen atoms in total. The number of rotatable bonds is 5. The van der Waals surface area contributed by atoms with Gasteiger partial charge in [0.05, 0.1) is 19.8 Å². The Balaban J connectivity index is 1.62. The van der Waals surface area contributed by atoms with Gasteiger partial charge >= 0.3 is 5.97 Å². The molecule has 0 amide bonds. The second-order valence-corrected chi connectivity index (χ2v) is 6.87. The first-order valence-electron chi connectivity index (χ1n) is 9.59. The molecule has 3 aromatic rings. The van der Waals surface area contributed by atoms with Gasteiger partial charge in [-0.2, -0.15) is 0 Å². The highest BCUT2D eigenvalue weighted by atomic mass is 16.5. The lowest BCUT2D eigenvalue weighted by Gasteiger charge is -2.11. The summed E-state index contributed by atoms with van der Waals surface area (Å²) < 4.78 is 21.9. The topological polar surface area (TPSA) is 71.1 Å². The number of Topliss-reactive ketones (excluding diaryl/α,β-unsaturated/α-hetero) is 1. The van der Waals surface area contributed by atoms with E-state index in [9.17, 15) is 9.59 Å². The van der Waals surface area contributed by atoms with Crippen molar-refractivity contribution in [1.82, 2.24) is 0 Å². The Morgan fingerprint density at radius 3 is 2.52 bits per heavy atom. The Kier molecular flexibility index (Phi) is 5.45. The van der Waals surface area contributed by atoms with Crippen molar-refractivity contribution in [3.8, 4) is 23.0 Å². The monoisotopic (exact) mass is 416 g/mol. The summed E-state index contributed by atoms with van der Waals surface area (Å²) in [5, 5.41) is 0. The molecular weight excluding hydrogens is 396 g/mol. The standard InChI is InChI=1S/C25H20O6/c1-15-20(31-25(27)18-9-4-5-10-21(18)29-3)12-11-19-23(26)22(30-24(15)19)14-16-7-6-8-17(13-16)28-2/h4-14H,1-3H3/b22-14-. The number of carbonyl (C=O) groups is 2.